The largest absolute Gasteiger partial charge is 0.298 e. The first-order valence-electron chi connectivity index (χ1n) is 6.16. The molecule has 21 heavy (non-hydrogen) atoms. The molecule has 0 radical (unpaired) electrons. The third-order valence-electron chi connectivity index (χ3n) is 2.82. The molecule has 1 aromatic carbocycles. The lowest BCUT2D eigenvalue weighted by atomic mass is 10.2. The van der Waals surface area contributed by atoms with Gasteiger partial charge in [-0.15, -0.1) is 11.3 Å². The second-order valence-electron chi connectivity index (χ2n) is 4.21. The molecule has 2 heterocycles. The number of rotatable bonds is 3. The molecular formula is C15H10BrN3OS. The van der Waals surface area contributed by atoms with Gasteiger partial charge in [-0.3, -0.25) is 15.1 Å². The maximum Gasteiger partial charge on any atom is 0.258 e. The molecular weight excluding hydrogens is 350 g/mol. The summed E-state index contributed by atoms with van der Waals surface area (Å²) in [4.78, 5) is 20.6. The highest BCUT2D eigenvalue weighted by Crippen LogP contribution is 2.25. The van der Waals surface area contributed by atoms with E-state index in [0.717, 1.165) is 15.7 Å². The van der Waals surface area contributed by atoms with Crippen molar-refractivity contribution in [1.82, 2.24) is 9.97 Å². The summed E-state index contributed by atoms with van der Waals surface area (Å²) in [6, 6.07) is 11.1. The summed E-state index contributed by atoms with van der Waals surface area (Å²) in [6.45, 7) is 0. The van der Waals surface area contributed by atoms with E-state index in [-0.39, 0.29) is 5.91 Å². The molecule has 0 saturated carbocycles. The Morgan fingerprint density at radius 1 is 1.14 bits per heavy atom. The van der Waals surface area contributed by atoms with Gasteiger partial charge in [0, 0.05) is 27.8 Å². The molecule has 0 aliphatic carbocycles. The highest BCUT2D eigenvalue weighted by atomic mass is 79.9. The first-order chi connectivity index (χ1) is 10.2. The molecule has 1 amide bonds. The molecule has 0 saturated heterocycles. The summed E-state index contributed by atoms with van der Waals surface area (Å²) >= 11 is 4.76. The van der Waals surface area contributed by atoms with Crippen molar-refractivity contribution < 1.29 is 4.79 Å². The van der Waals surface area contributed by atoms with E-state index in [1.165, 1.54) is 11.3 Å². The van der Waals surface area contributed by atoms with Crippen LogP contribution < -0.4 is 5.32 Å². The second-order valence-corrected chi connectivity index (χ2v) is 5.92. The van der Waals surface area contributed by atoms with E-state index in [1.807, 2.05) is 35.7 Å². The van der Waals surface area contributed by atoms with Crippen LogP contribution in [-0.2, 0) is 0 Å². The normalized spacial score (nSPS) is 10.3. The number of pyridine rings is 1. The van der Waals surface area contributed by atoms with Crippen LogP contribution in [0.2, 0.25) is 0 Å². The fourth-order valence-electron chi connectivity index (χ4n) is 1.80. The standard InChI is InChI=1S/C15H10BrN3OS/c16-12-4-2-1-3-11(12)14(20)19-15-18-13(9-21-15)10-5-7-17-8-6-10/h1-9H,(H,18,19,20). The van der Waals surface area contributed by atoms with E-state index in [0.29, 0.717) is 10.7 Å². The lowest BCUT2D eigenvalue weighted by Gasteiger charge is -2.03. The summed E-state index contributed by atoms with van der Waals surface area (Å²) in [7, 11) is 0. The van der Waals surface area contributed by atoms with Gasteiger partial charge in [0.1, 0.15) is 0 Å². The Hall–Kier alpha value is -2.05. The fourth-order valence-corrected chi connectivity index (χ4v) is 2.98. The van der Waals surface area contributed by atoms with Gasteiger partial charge in [-0.05, 0) is 40.2 Å². The van der Waals surface area contributed by atoms with Gasteiger partial charge in [-0.1, -0.05) is 12.1 Å². The van der Waals surface area contributed by atoms with Crippen LogP contribution in [0.3, 0.4) is 0 Å². The average molecular weight is 360 g/mol. The van der Waals surface area contributed by atoms with Crippen LogP contribution >= 0.6 is 27.3 Å². The van der Waals surface area contributed by atoms with Gasteiger partial charge in [-0.25, -0.2) is 4.98 Å². The van der Waals surface area contributed by atoms with Crippen LogP contribution in [0.1, 0.15) is 10.4 Å². The number of benzene rings is 1. The van der Waals surface area contributed by atoms with E-state index in [9.17, 15) is 4.79 Å². The lowest BCUT2D eigenvalue weighted by Crippen LogP contribution is -2.12. The van der Waals surface area contributed by atoms with E-state index >= 15 is 0 Å². The van der Waals surface area contributed by atoms with Crippen LogP contribution in [0.25, 0.3) is 11.3 Å². The fraction of sp³-hybridized carbons (Fsp3) is 0. The molecule has 1 N–H and O–H groups in total. The SMILES string of the molecule is O=C(Nc1nc(-c2ccncc2)cs1)c1ccccc1Br. The minimum Gasteiger partial charge on any atom is -0.298 e. The van der Waals surface area contributed by atoms with Gasteiger partial charge in [0.15, 0.2) is 5.13 Å². The number of carbonyl (C=O) groups is 1. The van der Waals surface area contributed by atoms with Crippen molar-refractivity contribution in [2.45, 2.75) is 0 Å². The van der Waals surface area contributed by atoms with E-state index in [2.05, 4.69) is 31.2 Å². The first kappa shape index (κ1) is 13.9. The highest BCUT2D eigenvalue weighted by molar-refractivity contribution is 9.10. The molecule has 0 aliphatic heterocycles. The molecule has 6 heteroatoms. The average Bonchev–Trinajstić information content (AvgIpc) is 2.97. The van der Waals surface area contributed by atoms with Crippen molar-refractivity contribution in [3.8, 4) is 11.3 Å². The van der Waals surface area contributed by atoms with Gasteiger partial charge < -0.3 is 0 Å². The molecule has 104 valence electrons. The molecule has 3 rings (SSSR count). The van der Waals surface area contributed by atoms with Crippen molar-refractivity contribution in [3.63, 3.8) is 0 Å². The Morgan fingerprint density at radius 3 is 2.67 bits per heavy atom. The summed E-state index contributed by atoms with van der Waals surface area (Å²) in [5.74, 6) is -0.182. The molecule has 0 spiro atoms. The Balaban J connectivity index is 1.79. The zero-order valence-corrected chi connectivity index (χ0v) is 13.2. The number of hydrogen-bond donors (Lipinski definition) is 1. The molecule has 3 aromatic rings. The smallest absolute Gasteiger partial charge is 0.258 e. The maximum atomic E-state index is 12.2. The van der Waals surface area contributed by atoms with Gasteiger partial charge >= 0.3 is 0 Å². The van der Waals surface area contributed by atoms with Crippen molar-refractivity contribution in [2.75, 3.05) is 5.32 Å². The number of carbonyl (C=O) groups excluding carboxylic acids is 1. The third-order valence-corrected chi connectivity index (χ3v) is 4.27. The van der Waals surface area contributed by atoms with E-state index < -0.39 is 0 Å². The summed E-state index contributed by atoms with van der Waals surface area (Å²) in [5.41, 5.74) is 2.38. The predicted molar refractivity (Wildman–Crippen MR) is 87.4 cm³/mol. The minimum absolute atomic E-state index is 0.182. The number of nitrogens with one attached hydrogen (secondary N) is 1. The van der Waals surface area contributed by atoms with Crippen LogP contribution in [-0.4, -0.2) is 15.9 Å². The number of anilines is 1. The Bertz CT molecular complexity index is 773. The quantitative estimate of drug-likeness (QED) is 0.761. The first-order valence-corrected chi connectivity index (χ1v) is 7.83. The molecule has 0 aliphatic rings. The number of hydrogen-bond acceptors (Lipinski definition) is 4. The molecule has 0 bridgehead atoms. The third kappa shape index (κ3) is 3.17. The van der Waals surface area contributed by atoms with Gasteiger partial charge in [-0.2, -0.15) is 0 Å². The lowest BCUT2D eigenvalue weighted by molar-refractivity contribution is 0.102. The topological polar surface area (TPSA) is 54.9 Å². The van der Waals surface area contributed by atoms with Crippen LogP contribution in [0, 0.1) is 0 Å². The number of nitrogens with zero attached hydrogens (tertiary/aromatic N) is 2. The van der Waals surface area contributed by atoms with Crippen LogP contribution in [0.5, 0.6) is 0 Å². The van der Waals surface area contributed by atoms with Gasteiger partial charge in [0.05, 0.1) is 11.3 Å². The number of aromatic nitrogens is 2. The van der Waals surface area contributed by atoms with Crippen molar-refractivity contribution in [3.05, 3.63) is 64.2 Å². The van der Waals surface area contributed by atoms with Gasteiger partial charge in [0.2, 0.25) is 0 Å². The maximum absolute atomic E-state index is 12.2. The summed E-state index contributed by atoms with van der Waals surface area (Å²) in [5, 5.41) is 5.29. The number of thiazole rings is 1. The zero-order valence-electron chi connectivity index (χ0n) is 10.8. The van der Waals surface area contributed by atoms with Crippen molar-refractivity contribution in [1.29, 1.82) is 0 Å². The summed E-state index contributed by atoms with van der Waals surface area (Å²) in [6.07, 6.45) is 3.43. The Kier molecular flexibility index (Phi) is 4.08. The number of halogens is 1. The molecule has 2 aromatic heterocycles. The Labute approximate surface area is 134 Å². The second kappa shape index (κ2) is 6.15. The minimum atomic E-state index is -0.182. The van der Waals surface area contributed by atoms with Crippen LogP contribution in [0.15, 0.2) is 58.6 Å². The zero-order chi connectivity index (χ0) is 14.7. The molecule has 4 nitrogen and oxygen atoms in total. The monoisotopic (exact) mass is 359 g/mol. The summed E-state index contributed by atoms with van der Waals surface area (Å²) < 4.78 is 0.758. The van der Waals surface area contributed by atoms with Crippen LogP contribution in [0.4, 0.5) is 5.13 Å². The highest BCUT2D eigenvalue weighted by Gasteiger charge is 2.12. The molecule has 0 fully saturated rings. The Morgan fingerprint density at radius 2 is 1.90 bits per heavy atom. The van der Waals surface area contributed by atoms with Crippen molar-refractivity contribution >= 4 is 38.3 Å². The van der Waals surface area contributed by atoms with Crippen molar-refractivity contribution in [2.24, 2.45) is 0 Å². The molecule has 0 atom stereocenters. The number of amides is 1. The van der Waals surface area contributed by atoms with Gasteiger partial charge in [0.25, 0.3) is 5.91 Å². The predicted octanol–water partition coefficient (Wildman–Crippen LogP) is 4.22. The molecule has 0 unspecified atom stereocenters. The van der Waals surface area contributed by atoms with E-state index in [1.54, 1.807) is 18.5 Å². The van der Waals surface area contributed by atoms with E-state index in [4.69, 9.17) is 0 Å².